The summed E-state index contributed by atoms with van der Waals surface area (Å²) >= 11 is 0. The molecule has 102 valence electrons. The van der Waals surface area contributed by atoms with Gasteiger partial charge < -0.3 is 15.5 Å². The third-order valence-electron chi connectivity index (χ3n) is 3.05. The van der Waals surface area contributed by atoms with Crippen LogP contribution in [0.1, 0.15) is 17.3 Å². The van der Waals surface area contributed by atoms with Crippen molar-refractivity contribution >= 4 is 11.8 Å². The molecule has 2 heterocycles. The van der Waals surface area contributed by atoms with Crippen LogP contribution in [0.2, 0.25) is 0 Å². The smallest absolute Gasteiger partial charge is 0.253 e. The molecule has 0 aliphatic carbocycles. The van der Waals surface area contributed by atoms with Crippen molar-refractivity contribution in [1.29, 1.82) is 0 Å². The van der Waals surface area contributed by atoms with Crippen molar-refractivity contribution in [3.63, 3.8) is 0 Å². The van der Waals surface area contributed by atoms with Crippen LogP contribution in [-0.2, 0) is 4.79 Å². The van der Waals surface area contributed by atoms with Gasteiger partial charge in [0.25, 0.3) is 5.91 Å². The molecule has 1 aliphatic heterocycles. The molecule has 6 nitrogen and oxygen atoms in total. The van der Waals surface area contributed by atoms with E-state index in [4.69, 9.17) is 0 Å². The third-order valence-corrected chi connectivity index (χ3v) is 3.05. The summed E-state index contributed by atoms with van der Waals surface area (Å²) in [7, 11) is 0. The van der Waals surface area contributed by atoms with Crippen LogP contribution in [0.25, 0.3) is 0 Å². The van der Waals surface area contributed by atoms with Crippen LogP contribution in [0.3, 0.4) is 0 Å². The van der Waals surface area contributed by atoms with Crippen molar-refractivity contribution in [3.8, 4) is 0 Å². The van der Waals surface area contributed by atoms with Gasteiger partial charge >= 0.3 is 0 Å². The number of rotatable bonds is 3. The van der Waals surface area contributed by atoms with Crippen molar-refractivity contribution < 1.29 is 9.59 Å². The van der Waals surface area contributed by atoms with Crippen molar-refractivity contribution in [3.05, 3.63) is 30.1 Å². The predicted octanol–water partition coefficient (Wildman–Crippen LogP) is -0.368. The molecule has 19 heavy (non-hydrogen) atoms. The highest BCUT2D eigenvalue weighted by atomic mass is 16.2. The molecule has 0 bridgehead atoms. The van der Waals surface area contributed by atoms with Gasteiger partial charge in [0.15, 0.2) is 0 Å². The Morgan fingerprint density at radius 3 is 3.11 bits per heavy atom. The summed E-state index contributed by atoms with van der Waals surface area (Å²) in [4.78, 5) is 29.3. The van der Waals surface area contributed by atoms with Gasteiger partial charge in [-0.1, -0.05) is 0 Å². The van der Waals surface area contributed by atoms with E-state index in [1.165, 1.54) is 6.20 Å². The van der Waals surface area contributed by atoms with E-state index in [0.29, 0.717) is 24.7 Å². The van der Waals surface area contributed by atoms with Gasteiger partial charge in [-0.25, -0.2) is 0 Å². The molecule has 0 radical (unpaired) electrons. The van der Waals surface area contributed by atoms with Crippen LogP contribution in [0.5, 0.6) is 0 Å². The van der Waals surface area contributed by atoms with Gasteiger partial charge in [-0.3, -0.25) is 14.6 Å². The number of carbonyl (C=O) groups is 2. The number of amides is 2. The van der Waals surface area contributed by atoms with E-state index in [1.807, 2.05) is 6.92 Å². The molecule has 1 fully saturated rings. The Balaban J connectivity index is 1.82. The highest BCUT2D eigenvalue weighted by molar-refractivity contribution is 5.96. The van der Waals surface area contributed by atoms with Gasteiger partial charge in [-0.15, -0.1) is 0 Å². The van der Waals surface area contributed by atoms with Crippen molar-refractivity contribution in [2.75, 3.05) is 26.2 Å². The number of hydrogen-bond acceptors (Lipinski definition) is 4. The van der Waals surface area contributed by atoms with Crippen molar-refractivity contribution in [2.45, 2.75) is 13.0 Å². The highest BCUT2D eigenvalue weighted by Gasteiger charge is 2.20. The SMILES string of the molecule is C[C@@H]1CN(C(=O)CNC(=O)c2cccnc2)CCN1. The molecule has 0 aromatic carbocycles. The Morgan fingerprint density at radius 1 is 1.58 bits per heavy atom. The normalized spacial score (nSPS) is 19.0. The highest BCUT2D eigenvalue weighted by Crippen LogP contribution is 1.99. The third kappa shape index (κ3) is 3.75. The lowest BCUT2D eigenvalue weighted by molar-refractivity contribution is -0.131. The van der Waals surface area contributed by atoms with Gasteiger partial charge in [-0.2, -0.15) is 0 Å². The molecule has 2 rings (SSSR count). The molecular formula is C13H18N4O2. The maximum atomic E-state index is 11.9. The molecule has 6 heteroatoms. The molecule has 0 spiro atoms. The van der Waals surface area contributed by atoms with E-state index in [1.54, 1.807) is 23.2 Å². The molecule has 1 saturated heterocycles. The Labute approximate surface area is 112 Å². The molecule has 2 amide bonds. The van der Waals surface area contributed by atoms with Crippen LogP contribution >= 0.6 is 0 Å². The van der Waals surface area contributed by atoms with E-state index < -0.39 is 0 Å². The minimum absolute atomic E-state index is 0.0282. The topological polar surface area (TPSA) is 74.3 Å². The van der Waals surface area contributed by atoms with Crippen molar-refractivity contribution in [2.24, 2.45) is 0 Å². The maximum Gasteiger partial charge on any atom is 0.253 e. The monoisotopic (exact) mass is 262 g/mol. The quantitative estimate of drug-likeness (QED) is 0.779. The van der Waals surface area contributed by atoms with Crippen molar-refractivity contribution in [1.82, 2.24) is 20.5 Å². The van der Waals surface area contributed by atoms with E-state index in [0.717, 1.165) is 6.54 Å². The lowest BCUT2D eigenvalue weighted by Crippen LogP contribution is -2.53. The molecule has 0 saturated carbocycles. The minimum atomic E-state index is -0.273. The number of pyridine rings is 1. The number of aromatic nitrogens is 1. The van der Waals surface area contributed by atoms with Crippen LogP contribution < -0.4 is 10.6 Å². The zero-order chi connectivity index (χ0) is 13.7. The summed E-state index contributed by atoms with van der Waals surface area (Å²) in [5.41, 5.74) is 0.462. The summed E-state index contributed by atoms with van der Waals surface area (Å²) in [5, 5.41) is 5.89. The first-order valence-electron chi connectivity index (χ1n) is 6.36. The van der Waals surface area contributed by atoms with Crippen LogP contribution in [0.15, 0.2) is 24.5 Å². The minimum Gasteiger partial charge on any atom is -0.343 e. The Kier molecular flexibility index (Phi) is 4.46. The summed E-state index contributed by atoms with van der Waals surface area (Å²) < 4.78 is 0. The number of carbonyl (C=O) groups excluding carboxylic acids is 2. The van der Waals surface area contributed by atoms with Gasteiger partial charge in [0, 0.05) is 38.1 Å². The first-order chi connectivity index (χ1) is 9.16. The summed E-state index contributed by atoms with van der Waals surface area (Å²) in [5.74, 6) is -0.324. The number of nitrogens with one attached hydrogen (secondary N) is 2. The van der Waals surface area contributed by atoms with Crippen LogP contribution in [0, 0.1) is 0 Å². The Bertz CT molecular complexity index is 449. The van der Waals surface area contributed by atoms with E-state index in [-0.39, 0.29) is 18.4 Å². The second kappa shape index (κ2) is 6.29. The summed E-state index contributed by atoms with van der Waals surface area (Å²) in [6.45, 7) is 4.23. The Morgan fingerprint density at radius 2 is 2.42 bits per heavy atom. The average molecular weight is 262 g/mol. The molecule has 1 atom stereocenters. The van der Waals surface area contributed by atoms with Crippen LogP contribution in [0.4, 0.5) is 0 Å². The molecule has 1 aliphatic rings. The fourth-order valence-corrected chi connectivity index (χ4v) is 2.03. The van der Waals surface area contributed by atoms with Gasteiger partial charge in [0.1, 0.15) is 0 Å². The lowest BCUT2D eigenvalue weighted by atomic mass is 10.2. The van der Waals surface area contributed by atoms with Gasteiger partial charge in [0.05, 0.1) is 12.1 Å². The summed E-state index contributed by atoms with van der Waals surface area (Å²) in [6, 6.07) is 3.65. The second-order valence-electron chi connectivity index (χ2n) is 4.62. The van der Waals surface area contributed by atoms with E-state index >= 15 is 0 Å². The van der Waals surface area contributed by atoms with Crippen LogP contribution in [-0.4, -0.2) is 53.9 Å². The second-order valence-corrected chi connectivity index (χ2v) is 4.62. The summed E-state index contributed by atoms with van der Waals surface area (Å²) in [6.07, 6.45) is 3.08. The zero-order valence-corrected chi connectivity index (χ0v) is 10.9. The largest absolute Gasteiger partial charge is 0.343 e. The number of nitrogens with zero attached hydrogens (tertiary/aromatic N) is 2. The average Bonchev–Trinajstić information content (AvgIpc) is 2.45. The lowest BCUT2D eigenvalue weighted by Gasteiger charge is -2.31. The molecule has 0 unspecified atom stereocenters. The first kappa shape index (κ1) is 13.5. The molecule has 1 aromatic rings. The fraction of sp³-hybridized carbons (Fsp3) is 0.462. The van der Waals surface area contributed by atoms with Gasteiger partial charge in [-0.05, 0) is 19.1 Å². The zero-order valence-electron chi connectivity index (χ0n) is 10.9. The molecular weight excluding hydrogens is 244 g/mol. The Hall–Kier alpha value is -1.95. The van der Waals surface area contributed by atoms with E-state index in [9.17, 15) is 9.59 Å². The maximum absolute atomic E-state index is 11.9. The fourth-order valence-electron chi connectivity index (χ4n) is 2.03. The van der Waals surface area contributed by atoms with E-state index in [2.05, 4.69) is 15.6 Å². The van der Waals surface area contributed by atoms with Gasteiger partial charge in [0.2, 0.25) is 5.91 Å². The number of piperazine rings is 1. The predicted molar refractivity (Wildman–Crippen MR) is 70.6 cm³/mol. The first-order valence-corrected chi connectivity index (χ1v) is 6.36. The molecule has 1 aromatic heterocycles. The molecule has 2 N–H and O–H groups in total. The number of hydrogen-bond donors (Lipinski definition) is 2. The standard InChI is InChI=1S/C13H18N4O2/c1-10-9-17(6-5-15-10)12(18)8-16-13(19)11-3-2-4-14-7-11/h2-4,7,10,15H,5-6,8-9H2,1H3,(H,16,19)/t10-/m1/s1.